The first-order valence-electron chi connectivity index (χ1n) is 3.52. The van der Waals surface area contributed by atoms with E-state index in [0.717, 1.165) is 0 Å². The normalized spacial score (nSPS) is 7.69. The van der Waals surface area contributed by atoms with Crippen molar-refractivity contribution in [3.63, 3.8) is 0 Å². The average Bonchev–Trinajstić information content (AvgIpc) is 2.07. The zero-order valence-corrected chi connectivity index (χ0v) is 11.4. The Kier molecular flexibility index (Phi) is 22.8. The van der Waals surface area contributed by atoms with Crippen LogP contribution in [-0.4, -0.2) is 0 Å². The van der Waals surface area contributed by atoms with Gasteiger partial charge in [-0.2, -0.15) is 23.6 Å². The van der Waals surface area contributed by atoms with E-state index in [-0.39, 0.29) is 51.9 Å². The van der Waals surface area contributed by atoms with Crippen LogP contribution in [0.2, 0.25) is 0 Å². The van der Waals surface area contributed by atoms with E-state index in [0.29, 0.717) is 0 Å². The number of hydrogen-bond donors (Lipinski definition) is 0. The van der Waals surface area contributed by atoms with Gasteiger partial charge in [0, 0.05) is 0 Å². The van der Waals surface area contributed by atoms with E-state index in [1.165, 1.54) is 0 Å². The van der Waals surface area contributed by atoms with Crippen molar-refractivity contribution in [3.8, 4) is 0 Å². The summed E-state index contributed by atoms with van der Waals surface area (Å²) in [7, 11) is 0. The van der Waals surface area contributed by atoms with Crippen LogP contribution in [0.15, 0.2) is 30.3 Å². The molecule has 0 aromatic heterocycles. The monoisotopic (exact) mass is 254 g/mol. The van der Waals surface area contributed by atoms with Crippen LogP contribution in [-0.2, 0) is 21.7 Å². The first-order valence-corrected chi connectivity index (χ1v) is 3.52. The van der Waals surface area contributed by atoms with Crippen LogP contribution in [0.25, 0.3) is 0 Å². The first-order chi connectivity index (χ1) is 4.50. The predicted molar refractivity (Wildman–Crippen MR) is 46.8 cm³/mol. The zero-order chi connectivity index (χ0) is 8.04. The van der Waals surface area contributed by atoms with E-state index in [4.69, 9.17) is 0 Å². The maximum absolute atomic E-state index is 3.77. The summed E-state index contributed by atoms with van der Waals surface area (Å²) >= 11 is 0. The second-order valence-electron chi connectivity index (χ2n) is 3.52. The van der Waals surface area contributed by atoms with E-state index >= 15 is 0 Å². The van der Waals surface area contributed by atoms with Gasteiger partial charge in [0.15, 0.2) is 0 Å². The second-order valence-corrected chi connectivity index (χ2v) is 3.52. The molecular weight excluding hydrogens is 239 g/mol. The van der Waals surface area contributed by atoms with Gasteiger partial charge in [0.1, 0.15) is 0 Å². The molecule has 0 amide bonds. The molecule has 0 aliphatic carbocycles. The maximum atomic E-state index is 3.77. The average molecular weight is 255 g/mol. The number of rotatable bonds is 0. The van der Waals surface area contributed by atoms with E-state index in [9.17, 15) is 0 Å². The summed E-state index contributed by atoms with van der Waals surface area (Å²) in [5.74, 6) is 0. The molecule has 3 heteroatoms. The summed E-state index contributed by atoms with van der Waals surface area (Å²) in [6.07, 6.45) is 0. The molecule has 1 aromatic rings. The molecule has 0 aliphatic heterocycles. The molecule has 0 saturated heterocycles. The van der Waals surface area contributed by atoms with Crippen molar-refractivity contribution in [1.29, 1.82) is 0 Å². The fourth-order valence-electron chi connectivity index (χ4n) is 0.321. The van der Waals surface area contributed by atoms with Gasteiger partial charge in [-0.15, -0.1) is 0 Å². The molecule has 0 bridgehead atoms. The van der Waals surface area contributed by atoms with Crippen LogP contribution < -0.4 is 24.8 Å². The molecule has 0 aliphatic rings. The fourth-order valence-corrected chi connectivity index (χ4v) is 0.321. The standard InChI is InChI=1S/C5H5.C5H11.2ClH.Ti/c1-2-4-5-3-1;1-5(2,3)4;;;/h1-5H;1H2,2-4H3;2*1H;/q2*-1;;;+4/p-2. The van der Waals surface area contributed by atoms with Crippen molar-refractivity contribution < 1.29 is 46.5 Å². The summed E-state index contributed by atoms with van der Waals surface area (Å²) in [4.78, 5) is 0. The molecule has 0 nitrogen and oxygen atoms in total. The molecule has 0 radical (unpaired) electrons. The van der Waals surface area contributed by atoms with Gasteiger partial charge in [-0.1, -0.05) is 20.8 Å². The molecule has 0 heterocycles. The molecule has 0 saturated carbocycles. The van der Waals surface area contributed by atoms with Gasteiger partial charge < -0.3 is 31.7 Å². The van der Waals surface area contributed by atoms with E-state index < -0.39 is 0 Å². The molecule has 0 unspecified atom stereocenters. The molecule has 1 rings (SSSR count). The SMILES string of the molecule is [CH2-]C(C)(C)C.[Cl-].[Cl-].[Ti+4].c1cc[cH-]c1. The van der Waals surface area contributed by atoms with E-state index in [1.54, 1.807) is 0 Å². The minimum atomic E-state index is 0. The van der Waals surface area contributed by atoms with Gasteiger partial charge in [-0.25, -0.2) is 12.1 Å². The van der Waals surface area contributed by atoms with Crippen LogP contribution in [0.1, 0.15) is 20.8 Å². The molecule has 0 fully saturated rings. The number of halogens is 2. The third-order valence-corrected chi connectivity index (χ3v) is 0.556. The zero-order valence-electron chi connectivity index (χ0n) is 8.35. The van der Waals surface area contributed by atoms with Crippen molar-refractivity contribution in [1.82, 2.24) is 0 Å². The fraction of sp³-hybridized carbons (Fsp3) is 0.400. The minimum Gasteiger partial charge on any atom is -1.00 e. The van der Waals surface area contributed by atoms with Crippen LogP contribution in [0.4, 0.5) is 0 Å². The molecule has 74 valence electrons. The summed E-state index contributed by atoms with van der Waals surface area (Å²) in [6.45, 7) is 10.0. The van der Waals surface area contributed by atoms with Crippen LogP contribution >= 0.6 is 0 Å². The Hall–Kier alpha value is 0.644. The van der Waals surface area contributed by atoms with Gasteiger partial charge in [-0.05, 0) is 0 Å². The van der Waals surface area contributed by atoms with Gasteiger partial charge in [0.2, 0.25) is 0 Å². The summed E-state index contributed by atoms with van der Waals surface area (Å²) < 4.78 is 0. The third kappa shape index (κ3) is 45.0. The van der Waals surface area contributed by atoms with Crippen molar-refractivity contribution in [3.05, 3.63) is 37.3 Å². The Balaban J connectivity index is -0.0000000506. The minimum absolute atomic E-state index is 0. The van der Waals surface area contributed by atoms with E-state index in [1.807, 2.05) is 30.3 Å². The first kappa shape index (κ1) is 23.5. The molecule has 13 heavy (non-hydrogen) atoms. The Bertz CT molecular complexity index is 119. The van der Waals surface area contributed by atoms with Crippen molar-refractivity contribution in [2.75, 3.05) is 0 Å². The smallest absolute Gasteiger partial charge is 1.00 e. The summed E-state index contributed by atoms with van der Waals surface area (Å²) in [5, 5.41) is 0. The second kappa shape index (κ2) is 12.6. The molecule has 0 atom stereocenters. The quantitative estimate of drug-likeness (QED) is 0.349. The van der Waals surface area contributed by atoms with Crippen LogP contribution in [0.3, 0.4) is 0 Å². The van der Waals surface area contributed by atoms with Crippen molar-refractivity contribution in [2.24, 2.45) is 5.41 Å². The summed E-state index contributed by atoms with van der Waals surface area (Å²) in [5.41, 5.74) is 0.250. The number of hydrogen-bond acceptors (Lipinski definition) is 0. The largest absolute Gasteiger partial charge is 4.00 e. The van der Waals surface area contributed by atoms with E-state index in [2.05, 4.69) is 27.7 Å². The van der Waals surface area contributed by atoms with Crippen LogP contribution in [0.5, 0.6) is 0 Å². The molecule has 0 N–H and O–H groups in total. The topological polar surface area (TPSA) is 0 Å². The van der Waals surface area contributed by atoms with Crippen molar-refractivity contribution >= 4 is 0 Å². The molecular formula is C10H16Cl2Ti. The molecule has 1 aromatic carbocycles. The Morgan fingerprint density at radius 3 is 1.31 bits per heavy atom. The van der Waals surface area contributed by atoms with Gasteiger partial charge >= 0.3 is 21.7 Å². The Morgan fingerprint density at radius 2 is 1.23 bits per heavy atom. The van der Waals surface area contributed by atoms with Gasteiger partial charge in [0.25, 0.3) is 0 Å². The van der Waals surface area contributed by atoms with Crippen molar-refractivity contribution in [2.45, 2.75) is 20.8 Å². The predicted octanol–water partition coefficient (Wildman–Crippen LogP) is -2.72. The van der Waals surface area contributed by atoms with Crippen LogP contribution in [0, 0.1) is 12.3 Å². The Labute approximate surface area is 110 Å². The third-order valence-electron chi connectivity index (χ3n) is 0.556. The van der Waals surface area contributed by atoms with Gasteiger partial charge in [0.05, 0.1) is 0 Å². The maximum Gasteiger partial charge on any atom is 4.00 e. The molecule has 0 spiro atoms. The Morgan fingerprint density at radius 1 is 1.00 bits per heavy atom. The van der Waals surface area contributed by atoms with Gasteiger partial charge in [-0.3, -0.25) is 0 Å². The summed E-state index contributed by atoms with van der Waals surface area (Å²) in [6, 6.07) is 10.0.